The number of carbonyl (C=O) groups excluding carboxylic acids is 2. The molecule has 0 amide bonds. The number of ether oxygens (including phenoxy) is 4. The molecule has 0 saturated heterocycles. The first-order valence-corrected chi connectivity index (χ1v) is 9.10. The summed E-state index contributed by atoms with van der Waals surface area (Å²) in [5.41, 5.74) is 0. The third-order valence-corrected chi connectivity index (χ3v) is 6.23. The second kappa shape index (κ2) is 8.73. The second-order valence-corrected chi connectivity index (χ2v) is 7.71. The molecule has 2 heterocycles. The van der Waals surface area contributed by atoms with Crippen LogP contribution in [-0.2, 0) is 28.5 Å². The maximum Gasteiger partial charge on any atom is 0.353 e. The van der Waals surface area contributed by atoms with E-state index in [-0.39, 0.29) is 33.3 Å². The van der Waals surface area contributed by atoms with Crippen LogP contribution in [0.4, 0.5) is 0 Å². The smallest absolute Gasteiger partial charge is 0.353 e. The zero-order chi connectivity index (χ0) is 18.0. The van der Waals surface area contributed by atoms with Crippen molar-refractivity contribution in [3.8, 4) is 0 Å². The van der Waals surface area contributed by atoms with Crippen LogP contribution in [0.15, 0.2) is 29.1 Å². The van der Waals surface area contributed by atoms with Crippen molar-refractivity contribution < 1.29 is 28.5 Å². The molecule has 6 nitrogen and oxygen atoms in total. The Morgan fingerprint density at radius 1 is 0.833 bits per heavy atom. The number of cyclic esters (lactones) is 2. The van der Waals surface area contributed by atoms with Crippen LogP contribution in [0.25, 0.3) is 0 Å². The fourth-order valence-electron chi connectivity index (χ4n) is 1.47. The Bertz CT molecular complexity index is 618. The Morgan fingerprint density at radius 2 is 1.17 bits per heavy atom. The van der Waals surface area contributed by atoms with Crippen molar-refractivity contribution in [3.05, 3.63) is 29.1 Å². The van der Waals surface area contributed by atoms with Gasteiger partial charge in [-0.3, -0.25) is 0 Å². The molecule has 0 N–H and O–H groups in total. The van der Waals surface area contributed by atoms with E-state index in [1.165, 1.54) is 0 Å². The molecule has 0 spiro atoms. The first kappa shape index (κ1) is 20.5. The number of hydrogen-bond acceptors (Lipinski definition) is 6. The number of rotatable bonds is 6. The molecule has 0 bridgehead atoms. The van der Waals surface area contributed by atoms with Crippen LogP contribution in [-0.4, -0.2) is 37.7 Å². The van der Waals surface area contributed by atoms with E-state index in [1.54, 1.807) is 0 Å². The minimum atomic E-state index is -1.08. The lowest BCUT2D eigenvalue weighted by Gasteiger charge is -2.14. The van der Waals surface area contributed by atoms with Crippen LogP contribution in [0.3, 0.4) is 0 Å². The lowest BCUT2D eigenvalue weighted by molar-refractivity contribution is -0.158. The van der Waals surface area contributed by atoms with Crippen LogP contribution in [0.5, 0.6) is 0 Å². The van der Waals surface area contributed by atoms with E-state index in [2.05, 4.69) is 31.9 Å². The lowest BCUT2D eigenvalue weighted by atomic mass is 10.5. The van der Waals surface area contributed by atoms with Gasteiger partial charge in [0.05, 0.1) is 13.2 Å². The Hall–Kier alpha value is 0.200. The van der Waals surface area contributed by atoms with Gasteiger partial charge in [-0.1, -0.05) is 78.3 Å². The van der Waals surface area contributed by atoms with Crippen molar-refractivity contribution in [1.82, 2.24) is 0 Å². The highest BCUT2D eigenvalue weighted by molar-refractivity contribution is 9.14. The zero-order valence-electron chi connectivity index (χ0n) is 11.3. The molecule has 0 saturated carbocycles. The monoisotopic (exact) mass is 544 g/mol. The molecule has 0 aromatic carbocycles. The second-order valence-electron chi connectivity index (χ2n) is 4.23. The summed E-state index contributed by atoms with van der Waals surface area (Å²) in [6, 6.07) is 0. The van der Waals surface area contributed by atoms with E-state index in [0.29, 0.717) is 8.96 Å². The van der Waals surface area contributed by atoms with Crippen molar-refractivity contribution in [2.24, 2.45) is 0 Å². The molecule has 0 unspecified atom stereocenters. The SMILES string of the molecule is O=C1O[C@@H](OC/C(Br)=C(/Br)CO[C@H]2OC(=O)C(Cl)=C2Cl)C(Cl)=C1Cl. The molecular weight excluding hydrogens is 542 g/mol. The summed E-state index contributed by atoms with van der Waals surface area (Å²) in [7, 11) is 0. The van der Waals surface area contributed by atoms with Crippen LogP contribution < -0.4 is 0 Å². The average molecular weight is 548 g/mol. The molecule has 2 aliphatic heterocycles. The van der Waals surface area contributed by atoms with Crippen molar-refractivity contribution in [3.63, 3.8) is 0 Å². The molecule has 24 heavy (non-hydrogen) atoms. The largest absolute Gasteiger partial charge is 0.426 e. The average Bonchev–Trinajstić information content (AvgIpc) is 2.94. The molecule has 0 aromatic heterocycles. The topological polar surface area (TPSA) is 71.1 Å². The summed E-state index contributed by atoms with van der Waals surface area (Å²) in [5, 5.41) is -0.492. The standard InChI is InChI=1S/C12H6Br2Cl4O6/c13-3(1-21-11-7(17)5(15)9(19)23-11)4(14)2-22-12-8(18)6(16)10(20)24-12/h11-12H,1-2H2/b4-3-/t11-,12+. The van der Waals surface area contributed by atoms with Gasteiger partial charge in [0, 0.05) is 8.96 Å². The molecule has 2 rings (SSSR count). The van der Waals surface area contributed by atoms with E-state index in [1.807, 2.05) is 0 Å². The van der Waals surface area contributed by atoms with E-state index in [9.17, 15) is 9.59 Å². The predicted octanol–water partition coefficient (Wildman–Crippen LogP) is 4.17. The third kappa shape index (κ3) is 4.67. The minimum Gasteiger partial charge on any atom is -0.426 e. The molecule has 0 aliphatic carbocycles. The molecule has 0 radical (unpaired) electrons. The summed E-state index contributed by atoms with van der Waals surface area (Å²) in [5.74, 6) is -1.51. The third-order valence-electron chi connectivity index (χ3n) is 2.64. The highest BCUT2D eigenvalue weighted by Crippen LogP contribution is 2.32. The van der Waals surface area contributed by atoms with E-state index >= 15 is 0 Å². The number of esters is 2. The van der Waals surface area contributed by atoms with Crippen molar-refractivity contribution >= 4 is 90.2 Å². The summed E-state index contributed by atoms with van der Waals surface area (Å²) in [4.78, 5) is 22.4. The maximum atomic E-state index is 11.2. The lowest BCUT2D eigenvalue weighted by Crippen LogP contribution is -2.17. The zero-order valence-corrected chi connectivity index (χ0v) is 17.5. The van der Waals surface area contributed by atoms with Crippen LogP contribution in [0, 0.1) is 0 Å². The first-order chi connectivity index (χ1) is 11.2. The molecule has 2 atom stereocenters. The molecule has 0 fully saturated rings. The molecular formula is C12H6Br2Cl4O6. The van der Waals surface area contributed by atoms with Crippen molar-refractivity contribution in [1.29, 1.82) is 0 Å². The van der Waals surface area contributed by atoms with E-state index < -0.39 is 24.5 Å². The van der Waals surface area contributed by atoms with E-state index in [0.717, 1.165) is 0 Å². The molecule has 2 aliphatic rings. The van der Waals surface area contributed by atoms with Crippen LogP contribution >= 0.6 is 78.3 Å². The van der Waals surface area contributed by atoms with Gasteiger partial charge in [0.25, 0.3) is 0 Å². The summed E-state index contributed by atoms with van der Waals surface area (Å²) < 4.78 is 21.3. The highest BCUT2D eigenvalue weighted by atomic mass is 79.9. The first-order valence-electron chi connectivity index (χ1n) is 6.01. The quantitative estimate of drug-likeness (QED) is 0.465. The Labute approximate surface area is 172 Å². The number of carbonyl (C=O) groups is 2. The van der Waals surface area contributed by atoms with Gasteiger partial charge in [-0.15, -0.1) is 0 Å². The summed E-state index contributed by atoms with van der Waals surface area (Å²) in [6.45, 7) is -0.00583. The molecule has 0 aromatic rings. The van der Waals surface area contributed by atoms with Gasteiger partial charge >= 0.3 is 11.9 Å². The number of halogens is 6. The predicted molar refractivity (Wildman–Crippen MR) is 94.0 cm³/mol. The van der Waals surface area contributed by atoms with Crippen LogP contribution in [0.1, 0.15) is 0 Å². The summed E-state index contributed by atoms with van der Waals surface area (Å²) >= 11 is 29.4. The fourth-order valence-corrected chi connectivity index (χ4v) is 2.60. The normalized spacial score (nSPS) is 25.2. The van der Waals surface area contributed by atoms with Gasteiger partial charge in [-0.05, 0) is 0 Å². The molecule has 12 heteroatoms. The fraction of sp³-hybridized carbons (Fsp3) is 0.333. The van der Waals surface area contributed by atoms with Crippen LogP contribution in [0.2, 0.25) is 0 Å². The highest BCUT2D eigenvalue weighted by Gasteiger charge is 2.34. The maximum absolute atomic E-state index is 11.2. The summed E-state index contributed by atoms with van der Waals surface area (Å²) in [6.07, 6.45) is -2.15. The van der Waals surface area contributed by atoms with Gasteiger partial charge in [-0.25, -0.2) is 9.59 Å². The van der Waals surface area contributed by atoms with E-state index in [4.69, 9.17) is 65.4 Å². The minimum absolute atomic E-state index is 0.00292. The van der Waals surface area contributed by atoms with Gasteiger partial charge in [0.1, 0.15) is 20.1 Å². The Balaban J connectivity index is 1.86. The number of hydrogen-bond donors (Lipinski definition) is 0. The van der Waals surface area contributed by atoms with Gasteiger partial charge in [0.15, 0.2) is 0 Å². The molecule has 132 valence electrons. The van der Waals surface area contributed by atoms with Gasteiger partial charge in [-0.2, -0.15) is 0 Å². The Morgan fingerprint density at radius 3 is 1.42 bits per heavy atom. The Kier molecular flexibility index (Phi) is 7.46. The van der Waals surface area contributed by atoms with Gasteiger partial charge in [0.2, 0.25) is 12.6 Å². The van der Waals surface area contributed by atoms with Gasteiger partial charge < -0.3 is 18.9 Å². The van der Waals surface area contributed by atoms with Crippen molar-refractivity contribution in [2.75, 3.05) is 13.2 Å². The van der Waals surface area contributed by atoms with Crippen molar-refractivity contribution in [2.45, 2.75) is 12.6 Å².